The van der Waals surface area contributed by atoms with Crippen LogP contribution in [0.25, 0.3) is 0 Å². The second-order valence-electron chi connectivity index (χ2n) is 6.28. The number of nitrogens with one attached hydrogen (secondary N) is 1. The van der Waals surface area contributed by atoms with Crippen LogP contribution in [0.4, 0.5) is 13.2 Å². The van der Waals surface area contributed by atoms with Gasteiger partial charge in [0.15, 0.2) is 6.61 Å². The number of halogens is 3. The fourth-order valence-corrected chi connectivity index (χ4v) is 2.56. The molecular formula is C22H17F3N2O5. The van der Waals surface area contributed by atoms with E-state index in [1.807, 2.05) is 0 Å². The van der Waals surface area contributed by atoms with Gasteiger partial charge < -0.3 is 19.5 Å². The molecule has 0 spiro atoms. The van der Waals surface area contributed by atoms with Crippen molar-refractivity contribution in [2.24, 2.45) is 0 Å². The minimum Gasteiger partial charge on any atom is -0.452 e. The van der Waals surface area contributed by atoms with Gasteiger partial charge >= 0.3 is 12.3 Å². The molecule has 2 aromatic carbocycles. The fraction of sp³-hybridized carbons (Fsp3) is 0.136. The molecule has 0 aliphatic heterocycles. The predicted molar refractivity (Wildman–Crippen MR) is 106 cm³/mol. The van der Waals surface area contributed by atoms with Crippen LogP contribution >= 0.6 is 0 Å². The number of hydrogen-bond acceptors (Lipinski definition) is 6. The van der Waals surface area contributed by atoms with Crippen LogP contribution in [0, 0.1) is 0 Å². The topological polar surface area (TPSA) is 86.8 Å². The predicted octanol–water partition coefficient (Wildman–Crippen LogP) is 4.25. The molecule has 3 aromatic rings. The smallest absolute Gasteiger partial charge is 0.452 e. The maximum atomic E-state index is 12.5. The van der Waals surface area contributed by atoms with Crippen molar-refractivity contribution in [3.8, 4) is 17.4 Å². The van der Waals surface area contributed by atoms with Crippen molar-refractivity contribution in [1.29, 1.82) is 0 Å². The van der Waals surface area contributed by atoms with E-state index in [1.165, 1.54) is 36.5 Å². The minimum atomic E-state index is -4.86. The van der Waals surface area contributed by atoms with E-state index in [4.69, 9.17) is 9.47 Å². The molecule has 0 radical (unpaired) electrons. The van der Waals surface area contributed by atoms with Crippen molar-refractivity contribution < 1.29 is 37.0 Å². The Morgan fingerprint density at radius 2 is 1.66 bits per heavy atom. The first kappa shape index (κ1) is 22.6. The fourth-order valence-electron chi connectivity index (χ4n) is 2.56. The second-order valence-corrected chi connectivity index (χ2v) is 6.28. The lowest BCUT2D eigenvalue weighted by molar-refractivity contribution is -0.274. The van der Waals surface area contributed by atoms with Crippen molar-refractivity contribution >= 4 is 11.9 Å². The molecule has 10 heteroatoms. The lowest BCUT2D eigenvalue weighted by Crippen LogP contribution is -2.29. The van der Waals surface area contributed by atoms with Gasteiger partial charge in [-0.05, 0) is 30.3 Å². The summed E-state index contributed by atoms with van der Waals surface area (Å²) in [5, 5.41) is 2.38. The molecular weight excluding hydrogens is 429 g/mol. The average Bonchev–Trinajstić information content (AvgIpc) is 2.77. The molecule has 1 N–H and O–H groups in total. The Bertz CT molecular complexity index is 1070. The van der Waals surface area contributed by atoms with Crippen LogP contribution in [-0.4, -0.2) is 29.8 Å². The maximum Gasteiger partial charge on any atom is 0.573 e. The molecule has 0 aliphatic rings. The van der Waals surface area contributed by atoms with Gasteiger partial charge in [0, 0.05) is 18.3 Å². The van der Waals surface area contributed by atoms with Gasteiger partial charge in [-0.25, -0.2) is 9.78 Å². The molecule has 0 atom stereocenters. The number of rotatable bonds is 8. The number of pyridine rings is 1. The summed E-state index contributed by atoms with van der Waals surface area (Å²) in [7, 11) is 0. The van der Waals surface area contributed by atoms with Gasteiger partial charge in [0.2, 0.25) is 5.88 Å². The molecule has 1 amide bonds. The zero-order valence-electron chi connectivity index (χ0n) is 16.5. The van der Waals surface area contributed by atoms with E-state index in [0.717, 1.165) is 6.07 Å². The van der Waals surface area contributed by atoms with E-state index >= 15 is 0 Å². The zero-order chi connectivity index (χ0) is 23.0. The van der Waals surface area contributed by atoms with Crippen LogP contribution in [0.3, 0.4) is 0 Å². The number of carbonyl (C=O) groups is 2. The van der Waals surface area contributed by atoms with Crippen molar-refractivity contribution in [3.63, 3.8) is 0 Å². The number of hydrogen-bond donors (Lipinski definition) is 1. The molecule has 1 heterocycles. The number of alkyl halides is 3. The Balaban J connectivity index is 1.56. The Kier molecular flexibility index (Phi) is 7.27. The first-order valence-electron chi connectivity index (χ1n) is 9.27. The lowest BCUT2D eigenvalue weighted by Gasteiger charge is -2.14. The summed E-state index contributed by atoms with van der Waals surface area (Å²) in [4.78, 5) is 28.4. The quantitative estimate of drug-likeness (QED) is 0.521. The maximum absolute atomic E-state index is 12.5. The number of nitrogens with zero attached hydrogens (tertiary/aromatic N) is 1. The molecule has 0 unspecified atom stereocenters. The molecule has 0 aliphatic carbocycles. The van der Waals surface area contributed by atoms with E-state index in [9.17, 15) is 22.8 Å². The van der Waals surface area contributed by atoms with Crippen molar-refractivity contribution in [2.75, 3.05) is 6.61 Å². The highest BCUT2D eigenvalue weighted by Gasteiger charge is 2.32. The van der Waals surface area contributed by atoms with Gasteiger partial charge in [0.1, 0.15) is 17.1 Å². The number of amides is 1. The van der Waals surface area contributed by atoms with Crippen LogP contribution in [-0.2, 0) is 16.1 Å². The molecule has 3 rings (SSSR count). The molecule has 0 saturated carbocycles. The molecule has 166 valence electrons. The van der Waals surface area contributed by atoms with Gasteiger partial charge in [-0.2, -0.15) is 0 Å². The molecule has 0 bridgehead atoms. The van der Waals surface area contributed by atoms with E-state index in [0.29, 0.717) is 5.75 Å². The van der Waals surface area contributed by atoms with E-state index < -0.39 is 30.6 Å². The number of benzene rings is 2. The monoisotopic (exact) mass is 446 g/mol. The Hall–Kier alpha value is -4.08. The second kappa shape index (κ2) is 10.3. The Labute approximate surface area is 180 Å². The van der Waals surface area contributed by atoms with Crippen LogP contribution in [0.15, 0.2) is 72.9 Å². The summed E-state index contributed by atoms with van der Waals surface area (Å²) in [6, 6.07) is 17.0. The standard InChI is InChI=1S/C22H17F3N2O5/c23-22(24,25)32-18-11-5-4-7-15(18)13-27-19(28)14-30-21(29)17-10-6-12-26-20(17)31-16-8-2-1-3-9-16/h1-12H,13-14H2,(H,27,28). The number of para-hydroxylation sites is 2. The van der Waals surface area contributed by atoms with Crippen LogP contribution in [0.2, 0.25) is 0 Å². The Morgan fingerprint density at radius 3 is 2.41 bits per heavy atom. The van der Waals surface area contributed by atoms with Gasteiger partial charge in [-0.15, -0.1) is 13.2 Å². The highest BCUT2D eigenvalue weighted by Crippen LogP contribution is 2.26. The van der Waals surface area contributed by atoms with E-state index in [1.54, 1.807) is 30.3 Å². The van der Waals surface area contributed by atoms with Crippen LogP contribution in [0.5, 0.6) is 17.4 Å². The first-order valence-corrected chi connectivity index (χ1v) is 9.27. The summed E-state index contributed by atoms with van der Waals surface area (Å²) in [5.41, 5.74) is 0.114. The van der Waals surface area contributed by atoms with Gasteiger partial charge in [0.05, 0.1) is 0 Å². The number of esters is 1. The van der Waals surface area contributed by atoms with Crippen LogP contribution in [0.1, 0.15) is 15.9 Å². The van der Waals surface area contributed by atoms with Crippen molar-refractivity contribution in [3.05, 3.63) is 84.1 Å². The first-order chi connectivity index (χ1) is 15.3. The molecule has 7 nitrogen and oxygen atoms in total. The normalized spacial score (nSPS) is 10.8. The van der Waals surface area contributed by atoms with Crippen molar-refractivity contribution in [1.82, 2.24) is 10.3 Å². The third-order valence-corrected chi connectivity index (χ3v) is 3.96. The number of aromatic nitrogens is 1. The zero-order valence-corrected chi connectivity index (χ0v) is 16.5. The highest BCUT2D eigenvalue weighted by atomic mass is 19.4. The summed E-state index contributed by atoms with van der Waals surface area (Å²) < 4.78 is 51.9. The van der Waals surface area contributed by atoms with E-state index in [-0.39, 0.29) is 23.6 Å². The molecule has 0 fully saturated rings. The molecule has 32 heavy (non-hydrogen) atoms. The summed E-state index contributed by atoms with van der Waals surface area (Å²) in [6.45, 7) is -0.904. The average molecular weight is 446 g/mol. The summed E-state index contributed by atoms with van der Waals surface area (Å²) in [5.74, 6) is -1.54. The van der Waals surface area contributed by atoms with E-state index in [2.05, 4.69) is 15.0 Å². The third-order valence-electron chi connectivity index (χ3n) is 3.96. The number of ether oxygens (including phenoxy) is 3. The largest absolute Gasteiger partial charge is 0.573 e. The highest BCUT2D eigenvalue weighted by molar-refractivity contribution is 5.93. The molecule has 1 aromatic heterocycles. The van der Waals surface area contributed by atoms with Gasteiger partial charge in [-0.1, -0.05) is 36.4 Å². The Morgan fingerprint density at radius 1 is 0.938 bits per heavy atom. The van der Waals surface area contributed by atoms with Crippen LogP contribution < -0.4 is 14.8 Å². The third kappa shape index (κ3) is 6.73. The number of carbonyl (C=O) groups excluding carboxylic acids is 2. The van der Waals surface area contributed by atoms with Gasteiger partial charge in [0.25, 0.3) is 5.91 Å². The van der Waals surface area contributed by atoms with Crippen molar-refractivity contribution in [2.45, 2.75) is 12.9 Å². The molecule has 0 saturated heterocycles. The lowest BCUT2D eigenvalue weighted by atomic mass is 10.2. The minimum absolute atomic E-state index is 0.00216. The SMILES string of the molecule is O=C(COC(=O)c1cccnc1Oc1ccccc1)NCc1ccccc1OC(F)(F)F. The van der Waals surface area contributed by atoms with Gasteiger partial charge in [-0.3, -0.25) is 4.79 Å². The summed E-state index contributed by atoms with van der Waals surface area (Å²) in [6.07, 6.45) is -3.43. The summed E-state index contributed by atoms with van der Waals surface area (Å²) >= 11 is 0.